The molecule has 2 atom stereocenters. The molecule has 0 aromatic heterocycles. The van der Waals surface area contributed by atoms with Crippen LogP contribution in [0.5, 0.6) is 0 Å². The van der Waals surface area contributed by atoms with Gasteiger partial charge in [-0.05, 0) is 37.7 Å². The normalized spacial score (nSPS) is 36.4. The highest BCUT2D eigenvalue weighted by Gasteiger charge is 2.40. The highest BCUT2D eigenvalue weighted by atomic mass is 16.1. The average molecular weight is 192 g/mol. The van der Waals surface area contributed by atoms with Gasteiger partial charge in [-0.3, -0.25) is 4.79 Å². The van der Waals surface area contributed by atoms with Gasteiger partial charge in [-0.2, -0.15) is 0 Å². The van der Waals surface area contributed by atoms with Gasteiger partial charge in [0.1, 0.15) is 0 Å². The number of carbonyl (C=O) groups excluding carboxylic acids is 1. The third-order valence-electron chi connectivity index (χ3n) is 3.52. The summed E-state index contributed by atoms with van der Waals surface area (Å²) in [4.78, 5) is 11.6. The molecule has 1 saturated carbocycles. The third-order valence-corrected chi connectivity index (χ3v) is 3.52. The van der Waals surface area contributed by atoms with Crippen LogP contribution in [0.4, 0.5) is 0 Å². The van der Waals surface area contributed by atoms with Gasteiger partial charge in [0.15, 0.2) is 5.78 Å². The highest BCUT2D eigenvalue weighted by Crippen LogP contribution is 2.43. The number of hydrogen-bond donors (Lipinski definition) is 0. The summed E-state index contributed by atoms with van der Waals surface area (Å²) in [5.41, 5.74) is 0. The summed E-state index contributed by atoms with van der Waals surface area (Å²) in [6, 6.07) is 0. The van der Waals surface area contributed by atoms with Crippen LogP contribution in [-0.2, 0) is 4.79 Å². The molecule has 1 heteroatoms. The highest BCUT2D eigenvalue weighted by molar-refractivity contribution is 5.93. The van der Waals surface area contributed by atoms with Gasteiger partial charge in [-0.15, -0.1) is 0 Å². The zero-order valence-corrected chi connectivity index (χ0v) is 8.87. The van der Waals surface area contributed by atoms with E-state index in [1.54, 1.807) is 0 Å². The van der Waals surface area contributed by atoms with E-state index in [0.29, 0.717) is 11.7 Å². The van der Waals surface area contributed by atoms with Gasteiger partial charge in [0.25, 0.3) is 0 Å². The van der Waals surface area contributed by atoms with E-state index in [-0.39, 0.29) is 0 Å². The Hall–Kier alpha value is -0.590. The lowest BCUT2D eigenvalue weighted by Crippen LogP contribution is -1.98. The Labute approximate surface area is 86.6 Å². The number of ketones is 1. The van der Waals surface area contributed by atoms with Crippen LogP contribution in [0.15, 0.2) is 12.2 Å². The Kier molecular flexibility index (Phi) is 3.39. The summed E-state index contributed by atoms with van der Waals surface area (Å²) >= 11 is 0. The van der Waals surface area contributed by atoms with E-state index in [2.05, 4.69) is 6.08 Å². The van der Waals surface area contributed by atoms with Crippen LogP contribution in [0.1, 0.15) is 51.4 Å². The third kappa shape index (κ3) is 2.70. The average Bonchev–Trinajstić information content (AvgIpc) is 2.92. The molecule has 78 valence electrons. The van der Waals surface area contributed by atoms with Gasteiger partial charge in [0.05, 0.1) is 0 Å². The minimum atomic E-state index is 0.399. The Morgan fingerprint density at radius 1 is 1.07 bits per heavy atom. The van der Waals surface area contributed by atoms with Crippen molar-refractivity contribution >= 4 is 5.78 Å². The molecule has 0 radical (unpaired) electrons. The van der Waals surface area contributed by atoms with Gasteiger partial charge in [0, 0.05) is 5.92 Å². The van der Waals surface area contributed by atoms with Crippen LogP contribution in [0.3, 0.4) is 0 Å². The minimum absolute atomic E-state index is 0.399. The summed E-state index contributed by atoms with van der Waals surface area (Å²) in [6.07, 6.45) is 14.2. The molecule has 0 saturated heterocycles. The van der Waals surface area contributed by atoms with Crippen molar-refractivity contribution in [3.63, 3.8) is 0 Å². The quantitative estimate of drug-likeness (QED) is 0.574. The molecule has 1 fully saturated rings. The maximum Gasteiger partial charge on any atom is 0.158 e. The summed E-state index contributed by atoms with van der Waals surface area (Å²) in [7, 11) is 0. The van der Waals surface area contributed by atoms with E-state index in [1.165, 1.54) is 44.9 Å². The van der Waals surface area contributed by atoms with Crippen molar-refractivity contribution in [1.82, 2.24) is 0 Å². The number of allylic oxidation sites excluding steroid dienone is 2. The fourth-order valence-electron chi connectivity index (χ4n) is 2.44. The molecule has 0 unspecified atom stereocenters. The van der Waals surface area contributed by atoms with Gasteiger partial charge in [-0.1, -0.05) is 31.8 Å². The SMILES string of the molecule is O=C1/C=C\CCCCCCC[C@@H]2C[C@H]12. The lowest BCUT2D eigenvalue weighted by molar-refractivity contribution is -0.116. The smallest absolute Gasteiger partial charge is 0.158 e. The second-order valence-corrected chi connectivity index (χ2v) is 4.75. The molecular weight excluding hydrogens is 172 g/mol. The molecule has 1 nitrogen and oxygen atoms in total. The Bertz CT molecular complexity index is 229. The molecule has 0 amide bonds. The predicted octanol–water partition coefficient (Wildman–Crippen LogP) is 3.49. The van der Waals surface area contributed by atoms with Crippen molar-refractivity contribution in [2.45, 2.75) is 51.4 Å². The van der Waals surface area contributed by atoms with Crippen LogP contribution in [0.25, 0.3) is 0 Å². The van der Waals surface area contributed by atoms with Gasteiger partial charge < -0.3 is 0 Å². The fourth-order valence-corrected chi connectivity index (χ4v) is 2.44. The van der Waals surface area contributed by atoms with Crippen molar-refractivity contribution in [2.75, 3.05) is 0 Å². The van der Waals surface area contributed by atoms with Crippen LogP contribution < -0.4 is 0 Å². The van der Waals surface area contributed by atoms with Crippen molar-refractivity contribution in [3.05, 3.63) is 12.2 Å². The molecule has 0 aromatic rings. The van der Waals surface area contributed by atoms with Crippen molar-refractivity contribution in [2.24, 2.45) is 11.8 Å². The van der Waals surface area contributed by atoms with Gasteiger partial charge >= 0.3 is 0 Å². The van der Waals surface area contributed by atoms with Crippen molar-refractivity contribution in [3.8, 4) is 0 Å². The molecular formula is C13H20O. The Morgan fingerprint density at radius 3 is 2.79 bits per heavy atom. The zero-order valence-electron chi connectivity index (χ0n) is 8.87. The second-order valence-electron chi connectivity index (χ2n) is 4.75. The van der Waals surface area contributed by atoms with Gasteiger partial charge in [0.2, 0.25) is 0 Å². The minimum Gasteiger partial charge on any atom is -0.295 e. The summed E-state index contributed by atoms with van der Waals surface area (Å²) < 4.78 is 0. The first-order chi connectivity index (χ1) is 6.88. The van der Waals surface area contributed by atoms with E-state index in [0.717, 1.165) is 12.3 Å². The topological polar surface area (TPSA) is 17.1 Å². The standard InChI is InChI=1S/C13H20O/c14-13-9-7-5-3-1-2-4-6-8-11-10-12(11)13/h7,9,11-12H,1-6,8,10H2/b9-7-/t11-,12+/m1/s1. The molecule has 0 spiro atoms. The second kappa shape index (κ2) is 4.77. The maximum absolute atomic E-state index is 11.6. The monoisotopic (exact) mass is 192 g/mol. The van der Waals surface area contributed by atoms with E-state index in [4.69, 9.17) is 0 Å². The van der Waals surface area contributed by atoms with Gasteiger partial charge in [-0.25, -0.2) is 0 Å². The van der Waals surface area contributed by atoms with Crippen molar-refractivity contribution < 1.29 is 4.79 Å². The molecule has 2 aliphatic carbocycles. The Balaban J connectivity index is 1.86. The summed E-state index contributed by atoms with van der Waals surface area (Å²) in [6.45, 7) is 0. The first kappa shape index (κ1) is 9.95. The lowest BCUT2D eigenvalue weighted by atomic mass is 10.0. The van der Waals surface area contributed by atoms with Crippen LogP contribution >= 0.6 is 0 Å². The molecule has 0 heterocycles. The number of carbonyl (C=O) groups is 1. The molecule has 2 rings (SSSR count). The van der Waals surface area contributed by atoms with Crippen LogP contribution in [-0.4, -0.2) is 5.78 Å². The van der Waals surface area contributed by atoms with E-state index in [1.807, 2.05) is 6.08 Å². The molecule has 2 aliphatic rings. The van der Waals surface area contributed by atoms with E-state index < -0.39 is 0 Å². The number of rotatable bonds is 0. The van der Waals surface area contributed by atoms with E-state index >= 15 is 0 Å². The summed E-state index contributed by atoms with van der Waals surface area (Å²) in [5.74, 6) is 1.55. The maximum atomic E-state index is 11.6. The van der Waals surface area contributed by atoms with Crippen molar-refractivity contribution in [1.29, 1.82) is 0 Å². The molecule has 0 aliphatic heterocycles. The first-order valence-corrected chi connectivity index (χ1v) is 6.08. The lowest BCUT2D eigenvalue weighted by Gasteiger charge is -2.02. The zero-order chi connectivity index (χ0) is 9.80. The Morgan fingerprint density at radius 2 is 1.86 bits per heavy atom. The summed E-state index contributed by atoms with van der Waals surface area (Å²) in [5, 5.41) is 0. The predicted molar refractivity (Wildman–Crippen MR) is 58.1 cm³/mol. The molecule has 0 bridgehead atoms. The first-order valence-electron chi connectivity index (χ1n) is 6.08. The molecule has 0 N–H and O–H groups in total. The fraction of sp³-hybridized carbons (Fsp3) is 0.769. The molecule has 14 heavy (non-hydrogen) atoms. The number of hydrogen-bond acceptors (Lipinski definition) is 1. The molecule has 0 aromatic carbocycles. The van der Waals surface area contributed by atoms with E-state index in [9.17, 15) is 4.79 Å². The van der Waals surface area contributed by atoms with Crippen LogP contribution in [0.2, 0.25) is 0 Å². The largest absolute Gasteiger partial charge is 0.295 e. The number of fused-ring (bicyclic) bond motifs is 1. The van der Waals surface area contributed by atoms with Crippen LogP contribution in [0, 0.1) is 11.8 Å².